The van der Waals surface area contributed by atoms with Crippen molar-refractivity contribution in [2.24, 2.45) is 0 Å². The molecule has 1 N–H and O–H groups in total. The zero-order valence-corrected chi connectivity index (χ0v) is 8.47. The molecule has 0 radical (unpaired) electrons. The molecule has 0 spiro atoms. The molecule has 0 aliphatic heterocycles. The molecule has 0 aliphatic rings. The van der Waals surface area contributed by atoms with E-state index in [0.29, 0.717) is 10.9 Å². The Kier molecular flexibility index (Phi) is 2.87. The summed E-state index contributed by atoms with van der Waals surface area (Å²) in [7, 11) is -4.08. The number of hydrogen-bond acceptors (Lipinski definition) is 2. The lowest BCUT2D eigenvalue weighted by atomic mass is 10.2. The van der Waals surface area contributed by atoms with E-state index in [-0.39, 0.29) is 4.90 Å². The molecule has 1 rings (SSSR count). The van der Waals surface area contributed by atoms with Crippen LogP contribution in [0.5, 0.6) is 0 Å². The fourth-order valence-corrected chi connectivity index (χ4v) is 2.26. The van der Waals surface area contributed by atoms with Crippen LogP contribution in [0.1, 0.15) is 5.56 Å². The highest BCUT2D eigenvalue weighted by atomic mass is 79.9. The molecule has 0 atom stereocenters. The van der Waals surface area contributed by atoms with Gasteiger partial charge in [0.1, 0.15) is 0 Å². The second-order valence-corrected chi connectivity index (χ2v) is 4.17. The summed E-state index contributed by atoms with van der Waals surface area (Å²) in [6.45, 7) is 0. The Bertz CT molecular complexity index is 372. The molecule has 0 heterocycles. The first-order valence-electron chi connectivity index (χ1n) is 3.17. The topological polar surface area (TPSA) is 54.4 Å². The van der Waals surface area contributed by atoms with Gasteiger partial charge in [-0.25, -0.2) is 0 Å². The van der Waals surface area contributed by atoms with E-state index in [1.54, 1.807) is 18.2 Å². The van der Waals surface area contributed by atoms with Gasteiger partial charge in [-0.3, -0.25) is 4.55 Å². The van der Waals surface area contributed by atoms with Crippen LogP contribution in [0.4, 0.5) is 0 Å². The monoisotopic (exact) mass is 250 g/mol. The number of halogens is 1. The Hall–Kier alpha value is -0.390. The van der Waals surface area contributed by atoms with Crippen LogP contribution in [0.25, 0.3) is 0 Å². The van der Waals surface area contributed by atoms with Crippen LogP contribution in [0, 0.1) is 0 Å². The summed E-state index contributed by atoms with van der Waals surface area (Å²) in [4.78, 5) is -0.0399. The van der Waals surface area contributed by atoms with Crippen molar-refractivity contribution < 1.29 is 13.0 Å². The summed E-state index contributed by atoms with van der Waals surface area (Å²) >= 11 is 3.13. The quantitative estimate of drug-likeness (QED) is 0.644. The van der Waals surface area contributed by atoms with Crippen molar-refractivity contribution in [2.75, 3.05) is 0 Å². The molecule has 66 valence electrons. The molecule has 0 saturated heterocycles. The van der Waals surface area contributed by atoms with Crippen LogP contribution >= 0.6 is 15.9 Å². The SMILES string of the molecule is O=S(=O)(O)c1ccccc1CBr. The molecule has 3 nitrogen and oxygen atoms in total. The fourth-order valence-electron chi connectivity index (χ4n) is 0.866. The Labute approximate surface area is 79.3 Å². The zero-order chi connectivity index (χ0) is 9.19. The maximum atomic E-state index is 10.7. The summed E-state index contributed by atoms with van der Waals surface area (Å²) in [5.41, 5.74) is 0.556. The maximum Gasteiger partial charge on any atom is 0.294 e. The van der Waals surface area contributed by atoms with Crippen LogP contribution in [0.15, 0.2) is 29.2 Å². The molecule has 0 bridgehead atoms. The highest BCUT2D eigenvalue weighted by Gasteiger charge is 2.12. The lowest BCUT2D eigenvalue weighted by molar-refractivity contribution is 0.482. The van der Waals surface area contributed by atoms with Gasteiger partial charge in [-0.05, 0) is 11.6 Å². The van der Waals surface area contributed by atoms with Crippen molar-refractivity contribution in [3.63, 3.8) is 0 Å². The average molecular weight is 251 g/mol. The number of alkyl halides is 1. The van der Waals surface area contributed by atoms with Gasteiger partial charge >= 0.3 is 0 Å². The third-order valence-electron chi connectivity index (χ3n) is 1.39. The van der Waals surface area contributed by atoms with E-state index in [1.807, 2.05) is 0 Å². The Morgan fingerprint density at radius 3 is 2.33 bits per heavy atom. The van der Waals surface area contributed by atoms with Gasteiger partial charge in [0.2, 0.25) is 0 Å². The highest BCUT2D eigenvalue weighted by Crippen LogP contribution is 2.17. The summed E-state index contributed by atoms with van der Waals surface area (Å²) in [5.74, 6) is 0. The van der Waals surface area contributed by atoms with Crippen LogP contribution in [0.2, 0.25) is 0 Å². The third-order valence-corrected chi connectivity index (χ3v) is 2.95. The van der Waals surface area contributed by atoms with E-state index in [2.05, 4.69) is 15.9 Å². The predicted molar refractivity (Wildman–Crippen MR) is 48.9 cm³/mol. The smallest absolute Gasteiger partial charge is 0.282 e. The first-order chi connectivity index (χ1) is 5.55. The molecule has 12 heavy (non-hydrogen) atoms. The Morgan fingerprint density at radius 1 is 1.33 bits per heavy atom. The predicted octanol–water partition coefficient (Wildman–Crippen LogP) is 1.83. The summed E-state index contributed by atoms with van der Waals surface area (Å²) in [5, 5.41) is 0.406. The van der Waals surface area contributed by atoms with Gasteiger partial charge in [-0.2, -0.15) is 8.42 Å². The van der Waals surface area contributed by atoms with Gasteiger partial charge in [-0.1, -0.05) is 34.1 Å². The molecule has 0 aromatic heterocycles. The minimum absolute atomic E-state index is 0.0399. The standard InChI is InChI=1S/C7H7BrO3S/c8-5-6-3-1-2-4-7(6)12(9,10)11/h1-4H,5H2,(H,9,10,11). The van der Waals surface area contributed by atoms with Crippen molar-refractivity contribution in [3.8, 4) is 0 Å². The number of hydrogen-bond donors (Lipinski definition) is 1. The molecule has 0 amide bonds. The molecular weight excluding hydrogens is 244 g/mol. The largest absolute Gasteiger partial charge is 0.294 e. The van der Waals surface area contributed by atoms with Gasteiger partial charge in [0, 0.05) is 5.33 Å². The molecule has 0 fully saturated rings. The minimum atomic E-state index is -4.08. The second kappa shape index (κ2) is 3.55. The van der Waals surface area contributed by atoms with E-state index < -0.39 is 10.1 Å². The van der Waals surface area contributed by atoms with E-state index in [1.165, 1.54) is 6.07 Å². The Morgan fingerprint density at radius 2 is 1.92 bits per heavy atom. The molecule has 0 saturated carbocycles. The molecule has 0 unspecified atom stereocenters. The van der Waals surface area contributed by atoms with Crippen molar-refractivity contribution in [1.29, 1.82) is 0 Å². The first-order valence-corrected chi connectivity index (χ1v) is 5.73. The van der Waals surface area contributed by atoms with Crippen molar-refractivity contribution >= 4 is 26.0 Å². The fraction of sp³-hybridized carbons (Fsp3) is 0.143. The molecular formula is C7H7BrO3S. The van der Waals surface area contributed by atoms with Gasteiger partial charge in [-0.15, -0.1) is 0 Å². The zero-order valence-electron chi connectivity index (χ0n) is 6.07. The van der Waals surface area contributed by atoms with Gasteiger partial charge in [0.05, 0.1) is 4.90 Å². The second-order valence-electron chi connectivity index (χ2n) is 2.22. The van der Waals surface area contributed by atoms with Crippen molar-refractivity contribution in [3.05, 3.63) is 29.8 Å². The normalized spacial score (nSPS) is 11.5. The number of rotatable bonds is 2. The summed E-state index contributed by atoms with van der Waals surface area (Å²) in [6.07, 6.45) is 0. The van der Waals surface area contributed by atoms with Gasteiger partial charge in [0.25, 0.3) is 10.1 Å². The van der Waals surface area contributed by atoms with E-state index in [9.17, 15) is 8.42 Å². The average Bonchev–Trinajstić information content (AvgIpc) is 2.03. The van der Waals surface area contributed by atoms with Gasteiger partial charge < -0.3 is 0 Å². The lowest BCUT2D eigenvalue weighted by Gasteiger charge is -2.01. The number of benzene rings is 1. The van der Waals surface area contributed by atoms with E-state index >= 15 is 0 Å². The lowest BCUT2D eigenvalue weighted by Crippen LogP contribution is -2.01. The van der Waals surface area contributed by atoms with Crippen LogP contribution in [0.3, 0.4) is 0 Å². The van der Waals surface area contributed by atoms with Crippen LogP contribution in [-0.2, 0) is 15.4 Å². The summed E-state index contributed by atoms with van der Waals surface area (Å²) < 4.78 is 30.2. The van der Waals surface area contributed by atoms with E-state index in [4.69, 9.17) is 4.55 Å². The van der Waals surface area contributed by atoms with Crippen LogP contribution < -0.4 is 0 Å². The highest BCUT2D eigenvalue weighted by molar-refractivity contribution is 9.08. The van der Waals surface area contributed by atoms with Gasteiger partial charge in [0.15, 0.2) is 0 Å². The molecule has 5 heteroatoms. The van der Waals surface area contributed by atoms with E-state index in [0.717, 1.165) is 0 Å². The van der Waals surface area contributed by atoms with Crippen molar-refractivity contribution in [2.45, 2.75) is 10.2 Å². The minimum Gasteiger partial charge on any atom is -0.282 e. The molecule has 1 aromatic rings. The molecule has 0 aliphatic carbocycles. The maximum absolute atomic E-state index is 10.7. The van der Waals surface area contributed by atoms with Crippen LogP contribution in [-0.4, -0.2) is 13.0 Å². The first kappa shape index (κ1) is 9.70. The third kappa shape index (κ3) is 2.06. The molecule has 1 aromatic carbocycles. The summed E-state index contributed by atoms with van der Waals surface area (Å²) in [6, 6.07) is 6.28. The van der Waals surface area contributed by atoms with Crippen molar-refractivity contribution in [1.82, 2.24) is 0 Å². The Balaban J connectivity index is 3.33.